The van der Waals surface area contributed by atoms with Crippen molar-refractivity contribution in [3.05, 3.63) is 71.0 Å². The van der Waals surface area contributed by atoms with Crippen molar-refractivity contribution in [3.63, 3.8) is 0 Å². The van der Waals surface area contributed by atoms with Crippen LogP contribution >= 0.6 is 15.9 Å². The molecule has 0 radical (unpaired) electrons. The predicted octanol–water partition coefficient (Wildman–Crippen LogP) is 5.69. The van der Waals surface area contributed by atoms with Crippen molar-refractivity contribution < 1.29 is 4.39 Å². The standard InChI is InChI=1S/C21H18BrFN4/c1-13-20-26(15-6-4-3-5-7-15)18-19(25-11-10-24-18)27(20)17-12-14(22)8-9-16(17)21(13,2)23/h3-13,20H,1-2H3. The van der Waals surface area contributed by atoms with Gasteiger partial charge in [0.1, 0.15) is 11.8 Å². The molecule has 0 N–H and O–H groups in total. The van der Waals surface area contributed by atoms with Crippen molar-refractivity contribution in [2.75, 3.05) is 9.80 Å². The zero-order valence-electron chi connectivity index (χ0n) is 15.0. The van der Waals surface area contributed by atoms with Crippen molar-refractivity contribution in [2.24, 2.45) is 5.92 Å². The number of hydrogen-bond donors (Lipinski definition) is 0. The Balaban J connectivity index is 1.81. The van der Waals surface area contributed by atoms with E-state index in [0.717, 1.165) is 27.5 Å². The zero-order valence-corrected chi connectivity index (χ0v) is 16.6. The molecule has 3 aromatic rings. The molecular formula is C21H18BrFN4. The van der Waals surface area contributed by atoms with Crippen LogP contribution in [0, 0.1) is 5.92 Å². The van der Waals surface area contributed by atoms with Crippen LogP contribution in [-0.2, 0) is 5.67 Å². The van der Waals surface area contributed by atoms with E-state index < -0.39 is 5.67 Å². The van der Waals surface area contributed by atoms with Gasteiger partial charge in [-0.2, -0.15) is 0 Å². The van der Waals surface area contributed by atoms with Crippen LogP contribution < -0.4 is 9.80 Å². The van der Waals surface area contributed by atoms with Gasteiger partial charge in [-0.3, -0.25) is 0 Å². The van der Waals surface area contributed by atoms with Gasteiger partial charge in [0.25, 0.3) is 0 Å². The maximum Gasteiger partial charge on any atom is 0.178 e. The largest absolute Gasteiger partial charge is 0.301 e. The maximum absolute atomic E-state index is 16.0. The normalized spacial score (nSPS) is 25.8. The summed E-state index contributed by atoms with van der Waals surface area (Å²) in [4.78, 5) is 13.5. The van der Waals surface area contributed by atoms with Gasteiger partial charge < -0.3 is 9.80 Å². The minimum atomic E-state index is -1.48. The Kier molecular flexibility index (Phi) is 3.56. The summed E-state index contributed by atoms with van der Waals surface area (Å²) in [6.45, 7) is 3.64. The van der Waals surface area contributed by atoms with Crippen LogP contribution in [0.25, 0.3) is 0 Å². The molecule has 4 nitrogen and oxygen atoms in total. The fraction of sp³-hybridized carbons (Fsp3) is 0.238. The number of benzene rings is 2. The number of anilines is 4. The molecule has 2 aliphatic heterocycles. The second kappa shape index (κ2) is 5.76. The average molecular weight is 425 g/mol. The summed E-state index contributed by atoms with van der Waals surface area (Å²) in [5, 5.41) is 0. The smallest absolute Gasteiger partial charge is 0.178 e. The van der Waals surface area contributed by atoms with E-state index in [4.69, 9.17) is 0 Å². The SMILES string of the molecule is CC1C2N(c3ccccc3)c3nccnc3N2c2cc(Br)ccc2C1(C)F. The van der Waals surface area contributed by atoms with E-state index in [1.807, 2.05) is 55.5 Å². The van der Waals surface area contributed by atoms with Gasteiger partial charge in [0, 0.05) is 34.0 Å². The first-order valence-corrected chi connectivity index (χ1v) is 9.73. The van der Waals surface area contributed by atoms with Crippen LogP contribution in [0.2, 0.25) is 0 Å². The van der Waals surface area contributed by atoms with Crippen LogP contribution in [0.1, 0.15) is 19.4 Å². The Morgan fingerprint density at radius 3 is 2.37 bits per heavy atom. The van der Waals surface area contributed by atoms with Gasteiger partial charge in [0.2, 0.25) is 0 Å². The Morgan fingerprint density at radius 2 is 1.67 bits per heavy atom. The van der Waals surface area contributed by atoms with Gasteiger partial charge in [0.15, 0.2) is 11.6 Å². The Morgan fingerprint density at radius 1 is 1.00 bits per heavy atom. The number of hydrogen-bond acceptors (Lipinski definition) is 4. The molecule has 3 heterocycles. The monoisotopic (exact) mass is 424 g/mol. The van der Waals surface area contributed by atoms with E-state index >= 15 is 4.39 Å². The first-order chi connectivity index (χ1) is 13.0. The number of fused-ring (bicyclic) bond motifs is 5. The van der Waals surface area contributed by atoms with Crippen LogP contribution in [0.3, 0.4) is 0 Å². The molecule has 6 heteroatoms. The summed E-state index contributed by atoms with van der Waals surface area (Å²) in [5.74, 6) is 1.21. The topological polar surface area (TPSA) is 32.3 Å². The molecular weight excluding hydrogens is 407 g/mol. The third-order valence-corrected chi connectivity index (χ3v) is 6.22. The highest BCUT2D eigenvalue weighted by molar-refractivity contribution is 9.10. The number of aromatic nitrogens is 2. The molecule has 2 aromatic carbocycles. The number of rotatable bonds is 1. The molecule has 3 atom stereocenters. The van der Waals surface area contributed by atoms with Crippen molar-refractivity contribution in [1.29, 1.82) is 0 Å². The quantitative estimate of drug-likeness (QED) is 0.502. The fourth-order valence-electron chi connectivity index (χ4n) is 4.24. The molecule has 0 bridgehead atoms. The lowest BCUT2D eigenvalue weighted by Crippen LogP contribution is -2.53. The summed E-state index contributed by atoms with van der Waals surface area (Å²) < 4.78 is 16.9. The zero-order chi connectivity index (χ0) is 18.8. The van der Waals surface area contributed by atoms with Crippen LogP contribution in [0.5, 0.6) is 0 Å². The van der Waals surface area contributed by atoms with E-state index in [1.165, 1.54) is 0 Å². The van der Waals surface area contributed by atoms with Crippen LogP contribution in [-0.4, -0.2) is 16.1 Å². The second-order valence-corrected chi connectivity index (χ2v) is 8.13. The van der Waals surface area contributed by atoms with Crippen molar-refractivity contribution in [1.82, 2.24) is 9.97 Å². The molecule has 0 saturated heterocycles. The highest BCUT2D eigenvalue weighted by atomic mass is 79.9. The van der Waals surface area contributed by atoms with E-state index in [-0.39, 0.29) is 12.1 Å². The van der Waals surface area contributed by atoms with Gasteiger partial charge in [-0.05, 0) is 31.2 Å². The van der Waals surface area contributed by atoms with E-state index in [0.29, 0.717) is 5.56 Å². The first-order valence-electron chi connectivity index (χ1n) is 8.93. The lowest BCUT2D eigenvalue weighted by molar-refractivity contribution is 0.0879. The first kappa shape index (κ1) is 16.7. The second-order valence-electron chi connectivity index (χ2n) is 7.22. The number of para-hydroxylation sites is 1. The molecule has 0 saturated carbocycles. The third kappa shape index (κ3) is 2.26. The summed E-state index contributed by atoms with van der Waals surface area (Å²) in [6, 6.07) is 15.7. The van der Waals surface area contributed by atoms with Gasteiger partial charge in [0.05, 0.1) is 5.69 Å². The number of alkyl halides is 1. The van der Waals surface area contributed by atoms with Gasteiger partial charge in [-0.15, -0.1) is 0 Å². The molecule has 0 amide bonds. The summed E-state index contributed by atoms with van der Waals surface area (Å²) in [5.41, 5.74) is 1.01. The minimum Gasteiger partial charge on any atom is -0.301 e. The Hall–Kier alpha value is -2.47. The van der Waals surface area contributed by atoms with E-state index in [9.17, 15) is 0 Å². The Labute approximate surface area is 165 Å². The van der Waals surface area contributed by atoms with Crippen molar-refractivity contribution in [3.8, 4) is 0 Å². The number of halogens is 2. The lowest BCUT2D eigenvalue weighted by atomic mass is 9.78. The summed E-state index contributed by atoms with van der Waals surface area (Å²) >= 11 is 3.54. The van der Waals surface area contributed by atoms with Gasteiger partial charge in [-0.25, -0.2) is 14.4 Å². The average Bonchev–Trinajstić information content (AvgIpc) is 3.02. The fourth-order valence-corrected chi connectivity index (χ4v) is 4.59. The number of nitrogens with zero attached hydrogens (tertiary/aromatic N) is 4. The lowest BCUT2D eigenvalue weighted by Gasteiger charge is -2.47. The molecule has 2 aliphatic rings. The van der Waals surface area contributed by atoms with Crippen LogP contribution in [0.15, 0.2) is 65.4 Å². The van der Waals surface area contributed by atoms with Crippen molar-refractivity contribution >= 4 is 38.9 Å². The molecule has 5 rings (SSSR count). The summed E-state index contributed by atoms with van der Waals surface area (Å²) in [7, 11) is 0. The Bertz CT molecular complexity index is 1020. The van der Waals surface area contributed by atoms with Crippen molar-refractivity contribution in [2.45, 2.75) is 25.7 Å². The highest BCUT2D eigenvalue weighted by Gasteiger charge is 2.54. The van der Waals surface area contributed by atoms with E-state index in [2.05, 4.69) is 35.7 Å². The molecule has 0 fully saturated rings. The summed E-state index contributed by atoms with van der Waals surface area (Å²) in [6.07, 6.45) is 3.13. The minimum absolute atomic E-state index is 0.249. The van der Waals surface area contributed by atoms with E-state index in [1.54, 1.807) is 19.3 Å². The molecule has 0 spiro atoms. The highest BCUT2D eigenvalue weighted by Crippen LogP contribution is 2.57. The predicted molar refractivity (Wildman–Crippen MR) is 108 cm³/mol. The maximum atomic E-state index is 16.0. The van der Waals surface area contributed by atoms with Crippen LogP contribution in [0.4, 0.5) is 27.4 Å². The molecule has 27 heavy (non-hydrogen) atoms. The third-order valence-electron chi connectivity index (χ3n) is 5.73. The van der Waals surface area contributed by atoms with Gasteiger partial charge >= 0.3 is 0 Å². The molecule has 3 unspecified atom stereocenters. The molecule has 0 aliphatic carbocycles. The molecule has 1 aromatic heterocycles. The van der Waals surface area contributed by atoms with Gasteiger partial charge in [-0.1, -0.05) is 47.1 Å². The molecule has 136 valence electrons.